The SMILES string of the molecule is COc1ccc(CN(c2ccc(C)c(F)c2)S(=O)(=O)c2ccccc2Cl)cc1. The topological polar surface area (TPSA) is 46.6 Å². The van der Waals surface area contributed by atoms with Crippen molar-refractivity contribution in [3.8, 4) is 5.75 Å². The van der Waals surface area contributed by atoms with Crippen LogP contribution >= 0.6 is 11.6 Å². The lowest BCUT2D eigenvalue weighted by atomic mass is 10.2. The Labute approximate surface area is 169 Å². The molecule has 0 aliphatic rings. The molecule has 0 heterocycles. The molecule has 3 aromatic rings. The van der Waals surface area contributed by atoms with Gasteiger partial charge in [0.2, 0.25) is 0 Å². The minimum atomic E-state index is -4.02. The molecule has 3 aromatic carbocycles. The van der Waals surface area contributed by atoms with E-state index in [0.29, 0.717) is 11.3 Å². The van der Waals surface area contributed by atoms with Crippen molar-refractivity contribution in [1.82, 2.24) is 0 Å². The minimum Gasteiger partial charge on any atom is -0.497 e. The summed E-state index contributed by atoms with van der Waals surface area (Å²) in [5.74, 6) is 0.178. The average molecular weight is 420 g/mol. The summed E-state index contributed by atoms with van der Waals surface area (Å²) in [7, 11) is -2.47. The largest absolute Gasteiger partial charge is 0.497 e. The molecule has 0 atom stereocenters. The van der Waals surface area contributed by atoms with E-state index in [1.165, 1.54) is 18.2 Å². The van der Waals surface area contributed by atoms with Crippen molar-refractivity contribution in [1.29, 1.82) is 0 Å². The number of halogens is 2. The highest BCUT2D eigenvalue weighted by atomic mass is 35.5. The van der Waals surface area contributed by atoms with E-state index in [2.05, 4.69) is 0 Å². The Morgan fingerprint density at radius 3 is 2.32 bits per heavy atom. The molecule has 3 rings (SSSR count). The molecule has 146 valence electrons. The van der Waals surface area contributed by atoms with Crippen LogP contribution in [-0.4, -0.2) is 15.5 Å². The molecule has 0 spiro atoms. The molecule has 0 aliphatic carbocycles. The second kappa shape index (κ2) is 8.20. The number of hydrogen-bond donors (Lipinski definition) is 0. The summed E-state index contributed by atoms with van der Waals surface area (Å²) in [5.41, 5.74) is 1.37. The molecule has 0 radical (unpaired) electrons. The van der Waals surface area contributed by atoms with Gasteiger partial charge in [0.15, 0.2) is 0 Å². The molecule has 7 heteroatoms. The molecular weight excluding hydrogens is 401 g/mol. The average Bonchev–Trinajstić information content (AvgIpc) is 2.69. The number of anilines is 1. The lowest BCUT2D eigenvalue weighted by molar-refractivity contribution is 0.414. The van der Waals surface area contributed by atoms with Gasteiger partial charge < -0.3 is 4.74 Å². The van der Waals surface area contributed by atoms with Crippen molar-refractivity contribution in [3.05, 3.63) is 88.7 Å². The van der Waals surface area contributed by atoms with Crippen molar-refractivity contribution in [2.75, 3.05) is 11.4 Å². The van der Waals surface area contributed by atoms with Crippen molar-refractivity contribution in [3.63, 3.8) is 0 Å². The third-order valence-corrected chi connectivity index (χ3v) is 6.61. The van der Waals surface area contributed by atoms with Crippen LogP contribution in [0.2, 0.25) is 5.02 Å². The number of nitrogens with zero attached hydrogens (tertiary/aromatic N) is 1. The van der Waals surface area contributed by atoms with E-state index in [1.807, 2.05) is 0 Å². The van der Waals surface area contributed by atoms with E-state index in [1.54, 1.807) is 62.6 Å². The summed E-state index contributed by atoms with van der Waals surface area (Å²) in [5, 5.41) is 0.106. The van der Waals surface area contributed by atoms with Crippen LogP contribution in [0.1, 0.15) is 11.1 Å². The summed E-state index contributed by atoms with van der Waals surface area (Å²) in [6.45, 7) is 1.63. The normalized spacial score (nSPS) is 11.3. The van der Waals surface area contributed by atoms with Crippen LogP contribution in [-0.2, 0) is 16.6 Å². The Balaban J connectivity index is 2.10. The molecule has 28 heavy (non-hydrogen) atoms. The van der Waals surface area contributed by atoms with Crippen LogP contribution in [0.5, 0.6) is 5.75 Å². The molecule has 0 N–H and O–H groups in total. The second-order valence-electron chi connectivity index (χ2n) is 6.22. The molecule has 0 fully saturated rings. The Bertz CT molecular complexity index is 1090. The van der Waals surface area contributed by atoms with Gasteiger partial charge in [-0.1, -0.05) is 41.9 Å². The van der Waals surface area contributed by atoms with E-state index in [0.717, 1.165) is 9.87 Å². The first-order chi connectivity index (χ1) is 13.3. The van der Waals surface area contributed by atoms with Gasteiger partial charge in [-0.25, -0.2) is 12.8 Å². The fraction of sp³-hybridized carbons (Fsp3) is 0.143. The first-order valence-electron chi connectivity index (χ1n) is 8.49. The highest BCUT2D eigenvalue weighted by molar-refractivity contribution is 7.93. The van der Waals surface area contributed by atoms with Crippen LogP contribution in [0.4, 0.5) is 10.1 Å². The van der Waals surface area contributed by atoms with Crippen LogP contribution in [0.25, 0.3) is 0 Å². The third kappa shape index (κ3) is 4.13. The van der Waals surface area contributed by atoms with E-state index in [9.17, 15) is 12.8 Å². The molecule has 0 unspecified atom stereocenters. The summed E-state index contributed by atoms with van der Waals surface area (Å²) in [6.07, 6.45) is 0. The van der Waals surface area contributed by atoms with Crippen LogP contribution in [0, 0.1) is 12.7 Å². The van der Waals surface area contributed by atoms with Crippen molar-refractivity contribution in [2.24, 2.45) is 0 Å². The lowest BCUT2D eigenvalue weighted by Gasteiger charge is -2.25. The molecule has 0 saturated carbocycles. The number of aryl methyl sites for hydroxylation is 1. The highest BCUT2D eigenvalue weighted by Crippen LogP contribution is 2.31. The minimum absolute atomic E-state index is 0.0139. The fourth-order valence-electron chi connectivity index (χ4n) is 2.72. The molecule has 0 saturated heterocycles. The third-order valence-electron chi connectivity index (χ3n) is 4.33. The summed E-state index contributed by atoms with van der Waals surface area (Å²) < 4.78 is 47.2. The maximum absolute atomic E-state index is 14.2. The zero-order valence-corrected chi connectivity index (χ0v) is 17.0. The van der Waals surface area contributed by atoms with Crippen molar-refractivity contribution >= 4 is 27.3 Å². The number of hydrogen-bond acceptors (Lipinski definition) is 3. The van der Waals surface area contributed by atoms with Gasteiger partial charge in [0.05, 0.1) is 24.4 Å². The quantitative estimate of drug-likeness (QED) is 0.552. The molecule has 4 nitrogen and oxygen atoms in total. The standard InChI is InChI=1S/C21H19ClFNO3S/c1-15-7-10-17(13-20(15)23)24(14-16-8-11-18(27-2)12-9-16)28(25,26)21-6-4-3-5-19(21)22/h3-13H,14H2,1-2H3. The first kappa shape index (κ1) is 20.2. The summed E-state index contributed by atoms with van der Waals surface area (Å²) in [4.78, 5) is -0.0360. The molecule has 0 aromatic heterocycles. The van der Waals surface area contributed by atoms with E-state index in [-0.39, 0.29) is 22.2 Å². The highest BCUT2D eigenvalue weighted by Gasteiger charge is 2.27. The van der Waals surface area contributed by atoms with E-state index in [4.69, 9.17) is 16.3 Å². The number of rotatable bonds is 6. The number of sulfonamides is 1. The Kier molecular flexibility index (Phi) is 5.91. The van der Waals surface area contributed by atoms with Gasteiger partial charge in [-0.15, -0.1) is 0 Å². The van der Waals surface area contributed by atoms with Gasteiger partial charge in [-0.05, 0) is 54.4 Å². The number of benzene rings is 3. The van der Waals surface area contributed by atoms with E-state index >= 15 is 0 Å². The number of ether oxygens (including phenoxy) is 1. The maximum atomic E-state index is 14.2. The van der Waals surface area contributed by atoms with Crippen LogP contribution in [0.15, 0.2) is 71.6 Å². The smallest absolute Gasteiger partial charge is 0.266 e. The second-order valence-corrected chi connectivity index (χ2v) is 8.46. The van der Waals surface area contributed by atoms with Crippen molar-refractivity contribution in [2.45, 2.75) is 18.4 Å². The van der Waals surface area contributed by atoms with Gasteiger partial charge in [0, 0.05) is 0 Å². The van der Waals surface area contributed by atoms with Crippen LogP contribution < -0.4 is 9.04 Å². The number of methoxy groups -OCH3 is 1. The Morgan fingerprint density at radius 1 is 1.04 bits per heavy atom. The predicted molar refractivity (Wildman–Crippen MR) is 109 cm³/mol. The molecule has 0 bridgehead atoms. The monoisotopic (exact) mass is 419 g/mol. The van der Waals surface area contributed by atoms with Gasteiger partial charge >= 0.3 is 0 Å². The van der Waals surface area contributed by atoms with Crippen LogP contribution in [0.3, 0.4) is 0 Å². The van der Waals surface area contributed by atoms with Gasteiger partial charge in [0.25, 0.3) is 10.0 Å². The first-order valence-corrected chi connectivity index (χ1v) is 10.3. The predicted octanol–water partition coefficient (Wildman–Crippen LogP) is 5.19. The molecule has 0 aliphatic heterocycles. The zero-order valence-electron chi connectivity index (χ0n) is 15.4. The van der Waals surface area contributed by atoms with Gasteiger partial charge in [-0.3, -0.25) is 4.31 Å². The van der Waals surface area contributed by atoms with Gasteiger partial charge in [-0.2, -0.15) is 0 Å². The van der Waals surface area contributed by atoms with E-state index < -0.39 is 15.8 Å². The lowest BCUT2D eigenvalue weighted by Crippen LogP contribution is -2.31. The molecule has 0 amide bonds. The summed E-state index contributed by atoms with van der Waals surface area (Å²) in [6, 6.07) is 17.5. The Hall–Kier alpha value is -2.57. The summed E-state index contributed by atoms with van der Waals surface area (Å²) >= 11 is 6.14. The molecular formula is C21H19ClFNO3S. The van der Waals surface area contributed by atoms with Crippen molar-refractivity contribution < 1.29 is 17.5 Å². The zero-order chi connectivity index (χ0) is 20.3. The van der Waals surface area contributed by atoms with Gasteiger partial charge in [0.1, 0.15) is 16.5 Å². The Morgan fingerprint density at radius 2 is 1.71 bits per heavy atom. The fourth-order valence-corrected chi connectivity index (χ4v) is 4.66. The maximum Gasteiger partial charge on any atom is 0.266 e.